The van der Waals surface area contributed by atoms with Crippen LogP contribution in [-0.4, -0.2) is 30.8 Å². The quantitative estimate of drug-likeness (QED) is 0.358. The first-order valence-corrected chi connectivity index (χ1v) is 10.9. The smallest absolute Gasteiger partial charge is 0.337 e. The molecule has 0 unspecified atom stereocenters. The van der Waals surface area contributed by atoms with E-state index in [1.165, 1.54) is 12.6 Å². The predicted octanol–water partition coefficient (Wildman–Crippen LogP) is 5.49. The first-order valence-electron chi connectivity index (χ1n) is 10.9. The van der Waals surface area contributed by atoms with Crippen LogP contribution in [0, 0.1) is 0 Å². The summed E-state index contributed by atoms with van der Waals surface area (Å²) in [6, 6.07) is 19.7. The molecule has 0 atom stereocenters. The van der Waals surface area contributed by atoms with Gasteiger partial charge in [0.15, 0.2) is 5.82 Å². The van der Waals surface area contributed by atoms with Crippen molar-refractivity contribution in [3.63, 3.8) is 0 Å². The molecule has 4 rings (SSSR count). The zero-order chi connectivity index (χ0) is 22.3. The van der Waals surface area contributed by atoms with E-state index in [-0.39, 0.29) is 5.56 Å². The number of hydrogen-bond donors (Lipinski definition) is 1. The molecule has 0 fully saturated rings. The molecule has 162 valence electrons. The number of aromatic nitrogens is 4. The van der Waals surface area contributed by atoms with Gasteiger partial charge in [-0.3, -0.25) is 4.98 Å². The Bertz CT molecular complexity index is 1180. The molecule has 0 saturated heterocycles. The molecule has 0 aliphatic carbocycles. The molecule has 0 radical (unpaired) electrons. The molecule has 0 amide bonds. The van der Waals surface area contributed by atoms with Crippen LogP contribution >= 0.6 is 0 Å². The second-order valence-corrected chi connectivity index (χ2v) is 7.76. The molecule has 32 heavy (non-hydrogen) atoms. The second kappa shape index (κ2) is 10.0. The van der Waals surface area contributed by atoms with Crippen molar-refractivity contribution in [3.05, 3.63) is 90.0 Å². The van der Waals surface area contributed by atoms with Gasteiger partial charge in [-0.25, -0.2) is 14.5 Å². The number of hydrogen-bond acceptors (Lipinski definition) is 4. The van der Waals surface area contributed by atoms with Gasteiger partial charge in [-0.2, -0.15) is 5.10 Å². The van der Waals surface area contributed by atoms with Gasteiger partial charge in [0, 0.05) is 24.4 Å². The molecule has 2 heterocycles. The molecule has 6 nitrogen and oxygen atoms in total. The minimum absolute atomic E-state index is 0.197. The van der Waals surface area contributed by atoms with Gasteiger partial charge in [-0.15, -0.1) is 0 Å². The maximum absolute atomic E-state index is 11.5. The Kier molecular flexibility index (Phi) is 6.70. The zero-order valence-electron chi connectivity index (χ0n) is 18.1. The summed E-state index contributed by atoms with van der Waals surface area (Å²) in [5.74, 6) is 0.755. The molecule has 0 aliphatic rings. The molecular formula is C26H26N4O2. The van der Waals surface area contributed by atoms with E-state index < -0.39 is 5.97 Å². The summed E-state index contributed by atoms with van der Waals surface area (Å²) in [4.78, 5) is 20.3. The summed E-state index contributed by atoms with van der Waals surface area (Å²) >= 11 is 0. The van der Waals surface area contributed by atoms with Crippen molar-refractivity contribution in [2.45, 2.75) is 39.2 Å². The average molecular weight is 427 g/mol. The van der Waals surface area contributed by atoms with Crippen molar-refractivity contribution in [1.29, 1.82) is 0 Å². The summed E-state index contributed by atoms with van der Waals surface area (Å²) in [7, 11) is 0. The maximum Gasteiger partial charge on any atom is 0.337 e. The number of unbranched alkanes of at least 4 members (excludes halogenated alkanes) is 2. The number of aromatic carboxylic acids is 1. The molecule has 1 N–H and O–H groups in total. The molecule has 2 aromatic heterocycles. The average Bonchev–Trinajstić information content (AvgIpc) is 3.23. The highest BCUT2D eigenvalue weighted by atomic mass is 16.4. The summed E-state index contributed by atoms with van der Waals surface area (Å²) in [5.41, 5.74) is 3.80. The lowest BCUT2D eigenvalue weighted by Gasteiger charge is -2.09. The highest BCUT2D eigenvalue weighted by Crippen LogP contribution is 2.24. The summed E-state index contributed by atoms with van der Waals surface area (Å²) < 4.78 is 1.99. The highest BCUT2D eigenvalue weighted by molar-refractivity contribution is 5.95. The first kappa shape index (κ1) is 21.4. The number of rotatable bonds is 9. The van der Waals surface area contributed by atoms with Crippen molar-refractivity contribution in [3.8, 4) is 22.5 Å². The Morgan fingerprint density at radius 3 is 2.47 bits per heavy atom. The van der Waals surface area contributed by atoms with Crippen LogP contribution in [0.4, 0.5) is 0 Å². The molecular weight excluding hydrogens is 400 g/mol. The lowest BCUT2D eigenvalue weighted by Crippen LogP contribution is -2.07. The monoisotopic (exact) mass is 426 g/mol. The van der Waals surface area contributed by atoms with Gasteiger partial charge in [0.25, 0.3) is 0 Å². The van der Waals surface area contributed by atoms with E-state index in [0.717, 1.165) is 47.6 Å². The largest absolute Gasteiger partial charge is 0.478 e. The van der Waals surface area contributed by atoms with Crippen LogP contribution in [-0.2, 0) is 13.0 Å². The molecule has 0 spiro atoms. The third-order valence-corrected chi connectivity index (χ3v) is 5.43. The minimum Gasteiger partial charge on any atom is -0.478 e. The van der Waals surface area contributed by atoms with Gasteiger partial charge in [0.05, 0.1) is 12.1 Å². The van der Waals surface area contributed by atoms with Crippen molar-refractivity contribution < 1.29 is 9.90 Å². The van der Waals surface area contributed by atoms with E-state index in [1.807, 2.05) is 59.3 Å². The summed E-state index contributed by atoms with van der Waals surface area (Å²) in [6.45, 7) is 2.81. The Balaban J connectivity index is 1.59. The lowest BCUT2D eigenvalue weighted by atomic mass is 10.0. The third kappa shape index (κ3) is 4.91. The van der Waals surface area contributed by atoms with Crippen LogP contribution in [0.15, 0.2) is 73.1 Å². The van der Waals surface area contributed by atoms with E-state index >= 15 is 0 Å². The van der Waals surface area contributed by atoms with Crippen molar-refractivity contribution in [2.24, 2.45) is 0 Å². The normalized spacial score (nSPS) is 10.9. The zero-order valence-corrected chi connectivity index (χ0v) is 18.1. The number of nitrogens with zero attached hydrogens (tertiary/aromatic N) is 4. The minimum atomic E-state index is -0.982. The van der Waals surface area contributed by atoms with Crippen LogP contribution < -0.4 is 0 Å². The summed E-state index contributed by atoms with van der Waals surface area (Å²) in [5, 5.41) is 14.2. The van der Waals surface area contributed by atoms with Crippen LogP contribution in [0.25, 0.3) is 22.5 Å². The van der Waals surface area contributed by atoms with Gasteiger partial charge >= 0.3 is 5.97 Å². The van der Waals surface area contributed by atoms with Crippen LogP contribution in [0.2, 0.25) is 0 Å². The maximum atomic E-state index is 11.5. The molecule has 0 bridgehead atoms. The Labute approximate surface area is 187 Å². The molecule has 2 aromatic carbocycles. The number of aryl methyl sites for hydroxylation is 1. The standard InChI is InChI=1S/C26H26N4O2/c1-2-3-5-10-24-28-25(21-8-6-4-7-9-21)29-30(24)18-19-11-13-20(14-12-19)22-15-16-27-17-23(22)26(31)32/h4,6-9,11-17H,2-3,5,10,18H2,1H3,(H,31,32). The van der Waals surface area contributed by atoms with Gasteiger partial charge < -0.3 is 5.11 Å². The van der Waals surface area contributed by atoms with Crippen LogP contribution in [0.3, 0.4) is 0 Å². The van der Waals surface area contributed by atoms with E-state index in [2.05, 4.69) is 11.9 Å². The van der Waals surface area contributed by atoms with Crippen molar-refractivity contribution in [2.75, 3.05) is 0 Å². The van der Waals surface area contributed by atoms with E-state index in [0.29, 0.717) is 12.1 Å². The summed E-state index contributed by atoms with van der Waals surface area (Å²) in [6.07, 6.45) is 7.30. The molecule has 6 heteroatoms. The lowest BCUT2D eigenvalue weighted by molar-refractivity contribution is 0.0697. The van der Waals surface area contributed by atoms with E-state index in [1.54, 1.807) is 12.3 Å². The Hall–Kier alpha value is -3.80. The van der Waals surface area contributed by atoms with Crippen LogP contribution in [0.1, 0.15) is 47.9 Å². The number of carboxylic acids is 1. The number of benzene rings is 2. The second-order valence-electron chi connectivity index (χ2n) is 7.76. The van der Waals surface area contributed by atoms with Gasteiger partial charge in [0.1, 0.15) is 5.82 Å². The predicted molar refractivity (Wildman–Crippen MR) is 124 cm³/mol. The van der Waals surface area contributed by atoms with E-state index in [9.17, 15) is 9.90 Å². The number of carboxylic acid groups (broad SMARTS) is 1. The van der Waals surface area contributed by atoms with Gasteiger partial charge in [-0.05, 0) is 29.2 Å². The fourth-order valence-electron chi connectivity index (χ4n) is 3.71. The number of carbonyl (C=O) groups is 1. The van der Waals surface area contributed by atoms with Crippen LogP contribution in [0.5, 0.6) is 0 Å². The van der Waals surface area contributed by atoms with Crippen molar-refractivity contribution in [1.82, 2.24) is 19.7 Å². The van der Waals surface area contributed by atoms with E-state index in [4.69, 9.17) is 10.1 Å². The SMILES string of the molecule is CCCCCc1nc(-c2ccccc2)nn1Cc1ccc(-c2ccncc2C(=O)O)cc1. The molecule has 4 aromatic rings. The third-order valence-electron chi connectivity index (χ3n) is 5.43. The van der Waals surface area contributed by atoms with Gasteiger partial charge in [-0.1, -0.05) is 74.4 Å². The van der Waals surface area contributed by atoms with Gasteiger partial charge in [0.2, 0.25) is 0 Å². The Morgan fingerprint density at radius 2 is 1.75 bits per heavy atom. The fourth-order valence-corrected chi connectivity index (χ4v) is 3.71. The Morgan fingerprint density at radius 1 is 0.969 bits per heavy atom. The van der Waals surface area contributed by atoms with Crippen molar-refractivity contribution >= 4 is 5.97 Å². The topological polar surface area (TPSA) is 80.9 Å². The fraction of sp³-hybridized carbons (Fsp3) is 0.231. The molecule has 0 aliphatic heterocycles. The number of pyridine rings is 1. The first-order chi connectivity index (χ1) is 15.7. The molecule has 0 saturated carbocycles. The highest BCUT2D eigenvalue weighted by Gasteiger charge is 2.14.